The third-order valence-corrected chi connectivity index (χ3v) is 6.79. The van der Waals surface area contributed by atoms with E-state index in [-0.39, 0.29) is 37.1 Å². The number of hydrogen-bond acceptors (Lipinski definition) is 7. The Hall–Kier alpha value is -4.03. The van der Waals surface area contributed by atoms with Crippen LogP contribution in [0.1, 0.15) is 28.0 Å². The molecular weight excluding hydrogens is 515 g/mol. The average Bonchev–Trinajstić information content (AvgIpc) is 3.03. The molecule has 0 saturated carbocycles. The number of aliphatic hydroxyl groups excluding tert-OH is 1. The number of halogens is 3. The Balaban J connectivity index is 1.49. The Morgan fingerprint density at radius 2 is 2.03 bits per heavy atom. The van der Waals surface area contributed by atoms with Crippen LogP contribution in [0.15, 0.2) is 48.8 Å². The molecule has 1 fully saturated rings. The van der Waals surface area contributed by atoms with Gasteiger partial charge < -0.3 is 20.1 Å². The van der Waals surface area contributed by atoms with Crippen LogP contribution in [0.2, 0.25) is 0 Å². The van der Waals surface area contributed by atoms with Gasteiger partial charge in [0, 0.05) is 42.2 Å². The van der Waals surface area contributed by atoms with E-state index in [0.29, 0.717) is 37.3 Å². The molecule has 0 unspecified atom stereocenters. The van der Waals surface area contributed by atoms with Crippen molar-refractivity contribution >= 4 is 29.0 Å². The Labute approximate surface area is 222 Å². The van der Waals surface area contributed by atoms with E-state index >= 15 is 0 Å². The summed E-state index contributed by atoms with van der Waals surface area (Å²) in [6.07, 6.45) is -1.85. The van der Waals surface area contributed by atoms with Crippen LogP contribution in [0.5, 0.6) is 0 Å². The van der Waals surface area contributed by atoms with Crippen molar-refractivity contribution in [1.29, 1.82) is 0 Å². The molecule has 9 nitrogen and oxygen atoms in total. The maximum Gasteiger partial charge on any atom is 0.433 e. The highest BCUT2D eigenvalue weighted by molar-refractivity contribution is 6.04. The number of benzene rings is 1. The zero-order chi connectivity index (χ0) is 27.7. The highest BCUT2D eigenvalue weighted by Crippen LogP contribution is 2.38. The average molecular weight is 542 g/mol. The van der Waals surface area contributed by atoms with Gasteiger partial charge >= 0.3 is 6.18 Å². The minimum absolute atomic E-state index is 0.116. The Kier molecular flexibility index (Phi) is 7.23. The lowest BCUT2D eigenvalue weighted by atomic mass is 10.00. The fourth-order valence-electron chi connectivity index (χ4n) is 4.85. The van der Waals surface area contributed by atoms with Crippen LogP contribution in [-0.2, 0) is 15.7 Å². The number of fused-ring (bicyclic) bond motifs is 3. The molecule has 4 heterocycles. The lowest BCUT2D eigenvalue weighted by Gasteiger charge is -2.36. The molecule has 2 N–H and O–H groups in total. The second-order valence-electron chi connectivity index (χ2n) is 9.37. The summed E-state index contributed by atoms with van der Waals surface area (Å²) in [5.41, 5.74) is 2.18. The molecule has 3 aromatic rings. The van der Waals surface area contributed by atoms with Crippen LogP contribution in [0.25, 0.3) is 11.1 Å². The Bertz CT molecular complexity index is 1410. The molecule has 2 aromatic heterocycles. The molecule has 39 heavy (non-hydrogen) atoms. The number of aliphatic hydroxyl groups is 1. The number of β-amino-alcohol motifs (C(OH)–C–C–N with tert-alkyl or cyclic N) is 1. The van der Waals surface area contributed by atoms with E-state index in [9.17, 15) is 27.9 Å². The summed E-state index contributed by atoms with van der Waals surface area (Å²) >= 11 is 0. The zero-order valence-corrected chi connectivity index (χ0v) is 21.0. The molecular formula is C27H26F3N5O4. The minimum atomic E-state index is -4.66. The third kappa shape index (κ3) is 5.43. The summed E-state index contributed by atoms with van der Waals surface area (Å²) in [5, 5.41) is 12.2. The molecule has 1 atom stereocenters. The number of rotatable bonds is 5. The maximum absolute atomic E-state index is 13.0. The fraction of sp³-hybridized carbons (Fsp3) is 0.333. The van der Waals surface area contributed by atoms with E-state index in [1.54, 1.807) is 24.4 Å². The molecule has 2 aliphatic rings. The Morgan fingerprint density at radius 1 is 1.21 bits per heavy atom. The highest BCUT2D eigenvalue weighted by atomic mass is 19.4. The van der Waals surface area contributed by atoms with Crippen LogP contribution < -0.4 is 15.1 Å². The first-order valence-corrected chi connectivity index (χ1v) is 12.4. The van der Waals surface area contributed by atoms with Gasteiger partial charge in [-0.15, -0.1) is 0 Å². The number of carbonyl (C=O) groups is 2. The van der Waals surface area contributed by atoms with E-state index in [1.807, 2.05) is 13.0 Å². The van der Waals surface area contributed by atoms with E-state index in [1.165, 1.54) is 11.0 Å². The second-order valence-corrected chi connectivity index (χ2v) is 9.37. The summed E-state index contributed by atoms with van der Waals surface area (Å²) in [4.78, 5) is 37.2. The van der Waals surface area contributed by atoms with Gasteiger partial charge in [0.1, 0.15) is 5.69 Å². The van der Waals surface area contributed by atoms with Crippen molar-refractivity contribution in [3.05, 3.63) is 65.6 Å². The minimum Gasteiger partial charge on any atom is -0.395 e. The van der Waals surface area contributed by atoms with Crippen LogP contribution >= 0.6 is 0 Å². The molecule has 0 radical (unpaired) electrons. The lowest BCUT2D eigenvalue weighted by molar-refractivity contribution is -0.141. The molecule has 1 saturated heterocycles. The summed E-state index contributed by atoms with van der Waals surface area (Å²) < 4.78 is 44.7. The first-order chi connectivity index (χ1) is 18.7. The highest BCUT2D eigenvalue weighted by Gasteiger charge is 2.36. The number of alkyl halides is 3. The van der Waals surface area contributed by atoms with Crippen molar-refractivity contribution in [2.24, 2.45) is 0 Å². The van der Waals surface area contributed by atoms with Crippen LogP contribution in [-0.4, -0.2) is 65.8 Å². The zero-order valence-electron chi connectivity index (χ0n) is 21.0. The van der Waals surface area contributed by atoms with Gasteiger partial charge in [0.25, 0.3) is 5.91 Å². The molecule has 1 aromatic carbocycles. The standard InChI is InChI=1S/C27H26F3N5O4/c1-16-2-3-19(33-26(38)17-4-5-31-23(11-17)27(28,29)30)12-21(16)18-10-22-25(32-14-18)35(6-8-36)24(37)13-20-15-39-9-7-34(20)22/h2-5,10-12,14,20,36H,6-9,13,15H2,1H3,(H,33,38)/t20-/m1/s1. The Morgan fingerprint density at radius 3 is 2.79 bits per heavy atom. The van der Waals surface area contributed by atoms with Gasteiger partial charge in [0.05, 0.1) is 38.1 Å². The van der Waals surface area contributed by atoms with Crippen molar-refractivity contribution in [1.82, 2.24) is 9.97 Å². The maximum atomic E-state index is 13.0. The van der Waals surface area contributed by atoms with E-state index < -0.39 is 17.8 Å². The van der Waals surface area contributed by atoms with Gasteiger partial charge in [0.15, 0.2) is 5.82 Å². The largest absolute Gasteiger partial charge is 0.433 e. The summed E-state index contributed by atoms with van der Waals surface area (Å²) in [7, 11) is 0. The number of morpholine rings is 1. The monoisotopic (exact) mass is 541 g/mol. The number of pyridine rings is 2. The van der Waals surface area contributed by atoms with Gasteiger partial charge in [-0.1, -0.05) is 6.07 Å². The number of carbonyl (C=O) groups excluding carboxylic acids is 2. The predicted octanol–water partition coefficient (Wildman–Crippen LogP) is 3.66. The van der Waals surface area contributed by atoms with Crippen LogP contribution in [0, 0.1) is 6.92 Å². The number of nitrogens with zero attached hydrogens (tertiary/aromatic N) is 4. The van der Waals surface area contributed by atoms with Crippen molar-refractivity contribution in [3.8, 4) is 11.1 Å². The van der Waals surface area contributed by atoms with E-state index in [2.05, 4.69) is 20.2 Å². The number of nitrogens with one attached hydrogen (secondary N) is 1. The molecule has 5 rings (SSSR count). The smallest absolute Gasteiger partial charge is 0.395 e. The van der Waals surface area contributed by atoms with Gasteiger partial charge in [-0.2, -0.15) is 13.2 Å². The molecule has 0 bridgehead atoms. The summed E-state index contributed by atoms with van der Waals surface area (Å²) in [6, 6.07) is 8.87. The fourth-order valence-corrected chi connectivity index (χ4v) is 4.85. The second kappa shape index (κ2) is 10.6. The van der Waals surface area contributed by atoms with Crippen LogP contribution in [0.3, 0.4) is 0 Å². The normalized spacial score (nSPS) is 17.4. The molecule has 0 aliphatic carbocycles. The van der Waals surface area contributed by atoms with E-state index in [4.69, 9.17) is 4.74 Å². The molecule has 2 amide bonds. The molecule has 0 spiro atoms. The van der Waals surface area contributed by atoms with Crippen molar-refractivity contribution in [2.75, 3.05) is 48.0 Å². The molecule has 204 valence electrons. The van der Waals surface area contributed by atoms with Crippen molar-refractivity contribution in [2.45, 2.75) is 25.6 Å². The number of aromatic nitrogens is 2. The van der Waals surface area contributed by atoms with Gasteiger partial charge in [0.2, 0.25) is 5.91 Å². The topological polar surface area (TPSA) is 108 Å². The quantitative estimate of drug-likeness (QED) is 0.508. The number of anilines is 3. The van der Waals surface area contributed by atoms with Gasteiger partial charge in [-0.05, 0) is 48.4 Å². The summed E-state index contributed by atoms with van der Waals surface area (Å²) in [6.45, 7) is 3.27. The first kappa shape index (κ1) is 26.6. The van der Waals surface area contributed by atoms with Gasteiger partial charge in [-0.3, -0.25) is 19.5 Å². The van der Waals surface area contributed by atoms with Gasteiger partial charge in [-0.25, -0.2) is 4.98 Å². The number of hydrogen-bond donors (Lipinski definition) is 2. The van der Waals surface area contributed by atoms with Crippen LogP contribution in [0.4, 0.5) is 30.4 Å². The number of amides is 2. The number of ether oxygens (including phenoxy) is 1. The first-order valence-electron chi connectivity index (χ1n) is 12.4. The SMILES string of the molecule is Cc1ccc(NC(=O)c2ccnc(C(F)(F)F)c2)cc1-c1cnc2c(c1)N1CCOC[C@H]1CC(=O)N2CCO. The lowest BCUT2D eigenvalue weighted by Crippen LogP contribution is -2.46. The van der Waals surface area contributed by atoms with Crippen molar-refractivity contribution < 1.29 is 32.6 Å². The summed E-state index contributed by atoms with van der Waals surface area (Å²) in [5.74, 6) is -0.385. The molecule has 12 heteroatoms. The van der Waals surface area contributed by atoms with E-state index in [0.717, 1.165) is 28.6 Å². The predicted molar refractivity (Wildman–Crippen MR) is 138 cm³/mol. The third-order valence-electron chi connectivity index (χ3n) is 6.79. The van der Waals surface area contributed by atoms with Crippen molar-refractivity contribution in [3.63, 3.8) is 0 Å². The molecule has 2 aliphatic heterocycles. The number of aryl methyl sites for hydroxylation is 1.